The molecule has 128 valence electrons. The third-order valence-electron chi connectivity index (χ3n) is 4.34. The summed E-state index contributed by atoms with van der Waals surface area (Å²) < 4.78 is 0. The van der Waals surface area contributed by atoms with Gasteiger partial charge in [0.05, 0.1) is 6.04 Å². The lowest BCUT2D eigenvalue weighted by Crippen LogP contribution is -2.38. The molecule has 0 saturated carbocycles. The van der Waals surface area contributed by atoms with E-state index in [0.717, 1.165) is 13.1 Å². The van der Waals surface area contributed by atoms with E-state index in [9.17, 15) is 4.79 Å². The summed E-state index contributed by atoms with van der Waals surface area (Å²) in [6.07, 6.45) is 5.53. The van der Waals surface area contributed by atoms with Crippen LogP contribution >= 0.6 is 11.3 Å². The molecule has 1 aromatic heterocycles. The van der Waals surface area contributed by atoms with Crippen LogP contribution in [0.15, 0.2) is 35.8 Å². The Bertz CT molecular complexity index is 653. The number of anilines is 2. The second-order valence-corrected chi connectivity index (χ2v) is 7.00. The smallest absolute Gasteiger partial charge is 0.243 e. The number of piperidine rings is 1. The summed E-state index contributed by atoms with van der Waals surface area (Å²) in [6.45, 7) is 4.81. The third kappa shape index (κ3) is 4.33. The number of nitrogens with one attached hydrogen (secondary N) is 2. The Labute approximate surface area is 147 Å². The lowest BCUT2D eigenvalue weighted by atomic mass is 10.1. The number of para-hydroxylation sites is 1. The van der Waals surface area contributed by atoms with Crippen LogP contribution in [0.5, 0.6) is 0 Å². The minimum atomic E-state index is -0.275. The van der Waals surface area contributed by atoms with Crippen molar-refractivity contribution in [1.29, 1.82) is 0 Å². The van der Waals surface area contributed by atoms with Crippen molar-refractivity contribution in [3.8, 4) is 0 Å². The molecule has 0 bridgehead atoms. The molecule has 2 heterocycles. The van der Waals surface area contributed by atoms with Crippen LogP contribution in [0.25, 0.3) is 0 Å². The van der Waals surface area contributed by atoms with E-state index in [-0.39, 0.29) is 11.9 Å². The average molecular weight is 344 g/mol. The zero-order valence-electron chi connectivity index (χ0n) is 14.0. The van der Waals surface area contributed by atoms with E-state index in [1.165, 1.54) is 41.9 Å². The molecule has 1 fully saturated rings. The molecule has 0 spiro atoms. The summed E-state index contributed by atoms with van der Waals surface area (Å²) in [5, 5.41) is 8.65. The van der Waals surface area contributed by atoms with Crippen molar-refractivity contribution in [3.63, 3.8) is 0 Å². The van der Waals surface area contributed by atoms with Gasteiger partial charge >= 0.3 is 0 Å². The van der Waals surface area contributed by atoms with Crippen LogP contribution in [0, 0.1) is 0 Å². The first-order chi connectivity index (χ1) is 11.7. The van der Waals surface area contributed by atoms with E-state index in [1.54, 1.807) is 6.20 Å². The van der Waals surface area contributed by atoms with Gasteiger partial charge in [-0.3, -0.25) is 4.79 Å². The Morgan fingerprint density at radius 2 is 2.08 bits per heavy atom. The number of hydrogen-bond donors (Lipinski definition) is 2. The molecule has 1 aliphatic heterocycles. The summed E-state index contributed by atoms with van der Waals surface area (Å²) in [4.78, 5) is 18.7. The molecule has 1 amide bonds. The molecule has 1 atom stereocenters. The van der Waals surface area contributed by atoms with E-state index >= 15 is 0 Å². The highest BCUT2D eigenvalue weighted by atomic mass is 32.1. The Morgan fingerprint density at radius 3 is 2.83 bits per heavy atom. The van der Waals surface area contributed by atoms with Crippen LogP contribution in [0.1, 0.15) is 31.7 Å². The molecular formula is C18H24N4OS. The van der Waals surface area contributed by atoms with E-state index in [0.29, 0.717) is 11.7 Å². The average Bonchev–Trinajstić information content (AvgIpc) is 3.13. The van der Waals surface area contributed by atoms with Gasteiger partial charge in [0.15, 0.2) is 5.13 Å². The van der Waals surface area contributed by atoms with Crippen LogP contribution < -0.4 is 15.5 Å². The molecule has 5 nitrogen and oxygen atoms in total. The summed E-state index contributed by atoms with van der Waals surface area (Å²) in [6, 6.07) is 8.20. The number of rotatable bonds is 6. The zero-order chi connectivity index (χ0) is 16.8. The summed E-state index contributed by atoms with van der Waals surface area (Å²) in [7, 11) is 0. The first-order valence-corrected chi connectivity index (χ1v) is 9.38. The molecule has 6 heteroatoms. The van der Waals surface area contributed by atoms with Gasteiger partial charge in [0.2, 0.25) is 5.91 Å². The molecule has 2 aromatic rings. The van der Waals surface area contributed by atoms with E-state index in [2.05, 4.69) is 44.8 Å². The number of benzene rings is 1. The molecular weight excluding hydrogens is 320 g/mol. The number of hydrogen-bond acceptors (Lipinski definition) is 5. The number of amides is 1. The number of nitrogens with zero attached hydrogens (tertiary/aromatic N) is 2. The lowest BCUT2D eigenvalue weighted by molar-refractivity contribution is -0.117. The second-order valence-electron chi connectivity index (χ2n) is 6.11. The molecule has 1 aromatic carbocycles. The van der Waals surface area contributed by atoms with Crippen LogP contribution in [0.3, 0.4) is 0 Å². The third-order valence-corrected chi connectivity index (χ3v) is 5.03. The Balaban J connectivity index is 1.58. The number of carbonyl (C=O) groups is 1. The number of aromatic nitrogens is 1. The SMILES string of the molecule is C[C@H](NCc1ccccc1N1CCCCC1)C(=O)Nc1nccs1. The zero-order valence-corrected chi connectivity index (χ0v) is 14.8. The van der Waals surface area contributed by atoms with Crippen molar-refractivity contribution in [1.82, 2.24) is 10.3 Å². The maximum atomic E-state index is 12.2. The van der Waals surface area contributed by atoms with E-state index in [1.807, 2.05) is 12.3 Å². The standard InChI is InChI=1S/C18H24N4OS/c1-14(17(23)21-18-19-9-12-24-18)20-13-15-7-3-4-8-16(15)22-10-5-2-6-11-22/h3-4,7-9,12,14,20H,2,5-6,10-11,13H2,1H3,(H,19,21,23)/t14-/m0/s1. The molecule has 2 N–H and O–H groups in total. The maximum Gasteiger partial charge on any atom is 0.243 e. The van der Waals surface area contributed by atoms with Crippen LogP contribution in [0.2, 0.25) is 0 Å². The number of thiazole rings is 1. The normalized spacial score (nSPS) is 16.0. The highest BCUT2D eigenvalue weighted by Gasteiger charge is 2.17. The molecule has 0 radical (unpaired) electrons. The monoisotopic (exact) mass is 344 g/mol. The maximum absolute atomic E-state index is 12.2. The molecule has 1 saturated heterocycles. The fraction of sp³-hybridized carbons (Fsp3) is 0.444. The summed E-state index contributed by atoms with van der Waals surface area (Å²) in [5.74, 6) is -0.0552. The van der Waals surface area contributed by atoms with Gasteiger partial charge in [-0.15, -0.1) is 11.3 Å². The van der Waals surface area contributed by atoms with Gasteiger partial charge in [0.25, 0.3) is 0 Å². The lowest BCUT2D eigenvalue weighted by Gasteiger charge is -2.31. The Kier molecular flexibility index (Phi) is 5.82. The number of carbonyl (C=O) groups excluding carboxylic acids is 1. The van der Waals surface area contributed by atoms with Gasteiger partial charge in [0.1, 0.15) is 0 Å². The predicted molar refractivity (Wildman–Crippen MR) is 99.6 cm³/mol. The predicted octanol–water partition coefficient (Wildman–Crippen LogP) is 3.25. The van der Waals surface area contributed by atoms with Gasteiger partial charge in [-0.05, 0) is 37.8 Å². The quantitative estimate of drug-likeness (QED) is 0.844. The highest BCUT2D eigenvalue weighted by molar-refractivity contribution is 7.13. The van der Waals surface area contributed by atoms with Gasteiger partial charge in [-0.1, -0.05) is 18.2 Å². The second kappa shape index (κ2) is 8.26. The van der Waals surface area contributed by atoms with Crippen LogP contribution in [0.4, 0.5) is 10.8 Å². The Hall–Kier alpha value is -1.92. The fourth-order valence-corrected chi connectivity index (χ4v) is 3.49. The van der Waals surface area contributed by atoms with E-state index < -0.39 is 0 Å². The molecule has 0 unspecified atom stereocenters. The molecule has 24 heavy (non-hydrogen) atoms. The van der Waals surface area contributed by atoms with Crippen LogP contribution in [-0.2, 0) is 11.3 Å². The van der Waals surface area contributed by atoms with Crippen molar-refractivity contribution in [2.24, 2.45) is 0 Å². The largest absolute Gasteiger partial charge is 0.371 e. The van der Waals surface area contributed by atoms with Crippen LogP contribution in [-0.4, -0.2) is 30.0 Å². The van der Waals surface area contributed by atoms with Gasteiger partial charge in [-0.25, -0.2) is 4.98 Å². The van der Waals surface area contributed by atoms with Crippen molar-refractivity contribution in [2.45, 2.75) is 38.8 Å². The van der Waals surface area contributed by atoms with Crippen molar-refractivity contribution >= 4 is 28.1 Å². The molecule has 1 aliphatic rings. The van der Waals surface area contributed by atoms with Gasteiger partial charge in [-0.2, -0.15) is 0 Å². The highest BCUT2D eigenvalue weighted by Crippen LogP contribution is 2.24. The topological polar surface area (TPSA) is 57.3 Å². The summed E-state index contributed by atoms with van der Waals surface area (Å²) >= 11 is 1.43. The first kappa shape index (κ1) is 16.9. The minimum absolute atomic E-state index is 0.0552. The van der Waals surface area contributed by atoms with Gasteiger partial charge < -0.3 is 15.5 Å². The first-order valence-electron chi connectivity index (χ1n) is 8.50. The molecule has 0 aliphatic carbocycles. The summed E-state index contributed by atoms with van der Waals surface area (Å²) in [5.41, 5.74) is 2.53. The Morgan fingerprint density at radius 1 is 1.29 bits per heavy atom. The fourth-order valence-electron chi connectivity index (χ4n) is 2.96. The van der Waals surface area contributed by atoms with Crippen molar-refractivity contribution in [2.75, 3.05) is 23.3 Å². The van der Waals surface area contributed by atoms with Crippen molar-refractivity contribution in [3.05, 3.63) is 41.4 Å². The van der Waals surface area contributed by atoms with Crippen molar-refractivity contribution < 1.29 is 4.79 Å². The van der Waals surface area contributed by atoms with E-state index in [4.69, 9.17) is 0 Å². The minimum Gasteiger partial charge on any atom is -0.371 e. The van der Waals surface area contributed by atoms with Gasteiger partial charge in [0, 0.05) is 36.9 Å². The molecule has 3 rings (SSSR count).